The summed E-state index contributed by atoms with van der Waals surface area (Å²) in [6.45, 7) is 2.68. The minimum absolute atomic E-state index is 0.0104. The molecule has 1 aliphatic heterocycles. The first-order chi connectivity index (χ1) is 10.7. The van der Waals surface area contributed by atoms with Gasteiger partial charge in [-0.15, -0.1) is 11.8 Å². The number of carbonyl (C=O) groups excluding carboxylic acids is 1. The van der Waals surface area contributed by atoms with Crippen LogP contribution in [0.2, 0.25) is 0 Å². The third kappa shape index (κ3) is 1.92. The van der Waals surface area contributed by atoms with Gasteiger partial charge in [0.25, 0.3) is 0 Å². The Morgan fingerprint density at radius 3 is 2.95 bits per heavy atom. The fourth-order valence-electron chi connectivity index (χ4n) is 3.21. The number of thioether (sulfide) groups is 1. The van der Waals surface area contributed by atoms with Gasteiger partial charge in [-0.3, -0.25) is 4.79 Å². The quantitative estimate of drug-likeness (QED) is 0.729. The maximum atomic E-state index is 13.0. The average molecular weight is 311 g/mol. The van der Waals surface area contributed by atoms with Crippen molar-refractivity contribution in [2.24, 2.45) is 13.0 Å². The van der Waals surface area contributed by atoms with Crippen molar-refractivity contribution in [2.45, 2.75) is 18.5 Å². The molecule has 0 amide bonds. The van der Waals surface area contributed by atoms with Gasteiger partial charge in [-0.05, 0) is 13.0 Å². The Labute approximate surface area is 133 Å². The maximum Gasteiger partial charge on any atom is 0.171 e. The number of rotatable bonds is 2. The highest BCUT2D eigenvalue weighted by Gasteiger charge is 2.32. The molecule has 1 aromatic carbocycles. The number of Topliss-reactive ketones (excluding diaryl/α,β-unsaturated/α-hetero) is 1. The number of benzene rings is 1. The van der Waals surface area contributed by atoms with Gasteiger partial charge in [0.2, 0.25) is 0 Å². The first-order valence-corrected chi connectivity index (χ1v) is 8.37. The lowest BCUT2D eigenvalue weighted by atomic mass is 9.98. The zero-order chi connectivity index (χ0) is 15.3. The number of imidazole rings is 1. The number of para-hydroxylation sites is 1. The molecule has 22 heavy (non-hydrogen) atoms. The molecule has 1 atom stereocenters. The van der Waals surface area contributed by atoms with E-state index in [0.29, 0.717) is 6.54 Å². The van der Waals surface area contributed by atoms with Crippen molar-refractivity contribution in [3.8, 4) is 0 Å². The summed E-state index contributed by atoms with van der Waals surface area (Å²) in [5.74, 6) is 2.06. The summed E-state index contributed by atoms with van der Waals surface area (Å²) in [6, 6.07) is 8.16. The minimum Gasteiger partial charge on any atom is -0.338 e. The average Bonchev–Trinajstić information content (AvgIpc) is 3.05. The van der Waals surface area contributed by atoms with Crippen LogP contribution >= 0.6 is 11.8 Å². The van der Waals surface area contributed by atoms with Crippen LogP contribution in [0.3, 0.4) is 0 Å². The van der Waals surface area contributed by atoms with E-state index >= 15 is 0 Å². The van der Waals surface area contributed by atoms with Crippen molar-refractivity contribution in [3.05, 3.63) is 48.0 Å². The maximum absolute atomic E-state index is 13.0. The molecular formula is C17H17N3OS. The molecular weight excluding hydrogens is 294 g/mol. The molecule has 0 saturated carbocycles. The number of fused-ring (bicyclic) bond motifs is 3. The van der Waals surface area contributed by atoms with Gasteiger partial charge in [0.15, 0.2) is 5.78 Å². The zero-order valence-electron chi connectivity index (χ0n) is 12.6. The van der Waals surface area contributed by atoms with E-state index in [1.807, 2.05) is 32.3 Å². The topological polar surface area (TPSA) is 39.8 Å². The van der Waals surface area contributed by atoms with Crippen LogP contribution in [-0.2, 0) is 13.6 Å². The predicted molar refractivity (Wildman–Crippen MR) is 88.4 cm³/mol. The van der Waals surface area contributed by atoms with Crippen LogP contribution in [0.4, 0.5) is 0 Å². The van der Waals surface area contributed by atoms with Crippen molar-refractivity contribution in [1.82, 2.24) is 14.1 Å². The second-order valence-corrected chi connectivity index (χ2v) is 6.76. The smallest absolute Gasteiger partial charge is 0.171 e. The van der Waals surface area contributed by atoms with E-state index in [1.54, 1.807) is 18.0 Å². The van der Waals surface area contributed by atoms with Crippen molar-refractivity contribution in [1.29, 1.82) is 0 Å². The molecule has 4 rings (SSSR count). The van der Waals surface area contributed by atoms with Gasteiger partial charge in [0.05, 0.1) is 10.6 Å². The summed E-state index contributed by atoms with van der Waals surface area (Å²) < 4.78 is 4.21. The molecule has 0 spiro atoms. The molecule has 0 fully saturated rings. The fraction of sp³-hybridized carbons (Fsp3) is 0.294. The third-order valence-electron chi connectivity index (χ3n) is 4.43. The largest absolute Gasteiger partial charge is 0.338 e. The van der Waals surface area contributed by atoms with Gasteiger partial charge < -0.3 is 9.13 Å². The minimum atomic E-state index is 0.0104. The number of aryl methyl sites for hydroxylation is 2. The van der Waals surface area contributed by atoms with Gasteiger partial charge in [0.1, 0.15) is 5.82 Å². The molecule has 112 valence electrons. The van der Waals surface area contributed by atoms with E-state index in [9.17, 15) is 4.79 Å². The van der Waals surface area contributed by atoms with E-state index in [4.69, 9.17) is 0 Å². The summed E-state index contributed by atoms with van der Waals surface area (Å²) in [7, 11) is 2.04. The Hall–Kier alpha value is -2.01. The van der Waals surface area contributed by atoms with Crippen LogP contribution < -0.4 is 0 Å². The van der Waals surface area contributed by atoms with Crippen LogP contribution in [0.15, 0.2) is 41.7 Å². The molecule has 1 unspecified atom stereocenters. The van der Waals surface area contributed by atoms with Crippen LogP contribution in [0.25, 0.3) is 10.9 Å². The van der Waals surface area contributed by atoms with E-state index in [0.717, 1.165) is 33.1 Å². The Bertz CT molecular complexity index is 877. The predicted octanol–water partition coefficient (Wildman–Crippen LogP) is 3.29. The van der Waals surface area contributed by atoms with E-state index in [-0.39, 0.29) is 11.7 Å². The number of hydrogen-bond acceptors (Lipinski definition) is 3. The Morgan fingerprint density at radius 1 is 1.36 bits per heavy atom. The molecule has 0 N–H and O–H groups in total. The summed E-state index contributed by atoms with van der Waals surface area (Å²) in [5.41, 5.74) is 2.03. The summed E-state index contributed by atoms with van der Waals surface area (Å²) in [4.78, 5) is 17.3. The number of nitrogens with zero attached hydrogens (tertiary/aromatic N) is 3. The highest BCUT2D eigenvalue weighted by atomic mass is 32.2. The molecule has 0 radical (unpaired) electrons. The molecule has 0 bridgehead atoms. The molecule has 0 aliphatic carbocycles. The molecule has 1 aliphatic rings. The third-order valence-corrected chi connectivity index (χ3v) is 5.75. The normalized spacial score (nSPS) is 17.9. The summed E-state index contributed by atoms with van der Waals surface area (Å²) >= 11 is 1.79. The summed E-state index contributed by atoms with van der Waals surface area (Å²) in [6.07, 6.45) is 3.74. The molecule has 5 heteroatoms. The monoisotopic (exact) mass is 311 g/mol. The van der Waals surface area contributed by atoms with Crippen LogP contribution in [0.1, 0.15) is 16.2 Å². The van der Waals surface area contributed by atoms with Gasteiger partial charge in [-0.2, -0.15) is 0 Å². The van der Waals surface area contributed by atoms with E-state index < -0.39 is 0 Å². The Balaban J connectivity index is 1.77. The SMILES string of the molecule is Cc1nccn1CC1CSc2c(c3ccccc3n2C)C1=O. The lowest BCUT2D eigenvalue weighted by Gasteiger charge is -2.22. The molecule has 3 aromatic rings. The van der Waals surface area contributed by atoms with Crippen LogP contribution in [0, 0.1) is 12.8 Å². The molecule has 4 nitrogen and oxygen atoms in total. The lowest BCUT2D eigenvalue weighted by Crippen LogP contribution is -2.27. The fourth-order valence-corrected chi connectivity index (χ4v) is 4.47. The highest BCUT2D eigenvalue weighted by Crippen LogP contribution is 2.39. The molecule has 2 aromatic heterocycles. The number of hydrogen-bond donors (Lipinski definition) is 0. The van der Waals surface area contributed by atoms with Crippen molar-refractivity contribution < 1.29 is 4.79 Å². The first-order valence-electron chi connectivity index (χ1n) is 7.39. The van der Waals surface area contributed by atoms with Gasteiger partial charge in [0, 0.05) is 48.6 Å². The lowest BCUT2D eigenvalue weighted by molar-refractivity contribution is 0.0916. The van der Waals surface area contributed by atoms with Crippen LogP contribution in [0.5, 0.6) is 0 Å². The van der Waals surface area contributed by atoms with Crippen molar-refractivity contribution in [2.75, 3.05) is 5.75 Å². The van der Waals surface area contributed by atoms with Crippen LogP contribution in [-0.4, -0.2) is 25.7 Å². The number of carbonyl (C=O) groups is 1. The standard InChI is InChI=1S/C17H17N3OS/c1-11-18-7-8-20(11)9-12-10-22-17-15(16(12)21)13-5-3-4-6-14(13)19(17)2/h3-8,12H,9-10H2,1-2H3. The van der Waals surface area contributed by atoms with Gasteiger partial charge >= 0.3 is 0 Å². The first kappa shape index (κ1) is 13.6. The second-order valence-electron chi connectivity index (χ2n) is 5.76. The number of aromatic nitrogens is 3. The summed E-state index contributed by atoms with van der Waals surface area (Å²) in [5, 5.41) is 2.18. The zero-order valence-corrected chi connectivity index (χ0v) is 13.4. The van der Waals surface area contributed by atoms with E-state index in [1.165, 1.54) is 0 Å². The van der Waals surface area contributed by atoms with Gasteiger partial charge in [-0.25, -0.2) is 4.98 Å². The molecule has 0 saturated heterocycles. The molecule has 3 heterocycles. The van der Waals surface area contributed by atoms with E-state index in [2.05, 4.69) is 26.3 Å². The Morgan fingerprint density at radius 2 is 2.18 bits per heavy atom. The number of ketones is 1. The second kappa shape index (κ2) is 5.02. The Kier molecular flexibility index (Phi) is 3.11. The van der Waals surface area contributed by atoms with Crippen molar-refractivity contribution in [3.63, 3.8) is 0 Å². The highest BCUT2D eigenvalue weighted by molar-refractivity contribution is 7.99. The van der Waals surface area contributed by atoms with Gasteiger partial charge in [-0.1, -0.05) is 18.2 Å². The van der Waals surface area contributed by atoms with Crippen molar-refractivity contribution >= 4 is 28.4 Å².